The fourth-order valence-electron chi connectivity index (χ4n) is 0.843. The van der Waals surface area contributed by atoms with Gasteiger partial charge in [-0.1, -0.05) is 30.3 Å². The van der Waals surface area contributed by atoms with E-state index in [9.17, 15) is 0 Å². The largest absolute Gasteiger partial charge is 0.361 e. The van der Waals surface area contributed by atoms with Crippen LogP contribution in [0.25, 0.3) is 0 Å². The molecular weight excluding hydrogens is 140 g/mol. The van der Waals surface area contributed by atoms with Crippen molar-refractivity contribution in [2.24, 2.45) is 0 Å². The summed E-state index contributed by atoms with van der Waals surface area (Å²) in [6, 6.07) is 9.67. The first-order valence-electron chi connectivity index (χ1n) is 3.45. The summed E-state index contributed by atoms with van der Waals surface area (Å²) in [5, 5.41) is 9.01. The van der Waals surface area contributed by atoms with Crippen molar-refractivity contribution in [3.05, 3.63) is 42.2 Å². The molecule has 59 valence electrons. The number of benzene rings is 1. The van der Waals surface area contributed by atoms with Gasteiger partial charge in [-0.15, -0.1) is 0 Å². The molecule has 0 unspecified atom stereocenters. The Kier molecular flexibility index (Phi) is 3.08. The number of rotatable bonds is 3. The fraction of sp³-hybridized carbons (Fsp3) is 0.222. The zero-order valence-corrected chi connectivity index (χ0v) is 6.45. The minimum Gasteiger partial charge on any atom is -0.361 e. The molecule has 1 rings (SSSR count). The number of hydrogen-bond donors (Lipinski definition) is 1. The number of aliphatic hydroxyl groups is 1. The Labute approximate surface area is 66.4 Å². The second-order valence-electron chi connectivity index (χ2n) is 2.26. The standard InChI is InChI=1S/C9H11O2/c1-11-9(10)7-8-5-3-2-4-6-8/h2-6,10H,7H2,1H3. The topological polar surface area (TPSA) is 29.5 Å². The van der Waals surface area contributed by atoms with Gasteiger partial charge in [0.1, 0.15) is 0 Å². The molecular formula is C9H11O2. The second-order valence-corrected chi connectivity index (χ2v) is 2.26. The molecule has 0 aliphatic heterocycles. The molecule has 0 bridgehead atoms. The van der Waals surface area contributed by atoms with Crippen molar-refractivity contribution in [2.75, 3.05) is 7.11 Å². The van der Waals surface area contributed by atoms with Crippen LogP contribution in [-0.2, 0) is 11.2 Å². The van der Waals surface area contributed by atoms with E-state index >= 15 is 0 Å². The third kappa shape index (κ3) is 2.70. The Morgan fingerprint density at radius 2 is 2.00 bits per heavy atom. The summed E-state index contributed by atoms with van der Waals surface area (Å²) in [6.45, 7) is 0. The van der Waals surface area contributed by atoms with E-state index in [2.05, 4.69) is 4.74 Å². The summed E-state index contributed by atoms with van der Waals surface area (Å²) in [7, 11) is 1.46. The molecule has 1 N–H and O–H groups in total. The van der Waals surface area contributed by atoms with Crippen molar-refractivity contribution in [3.8, 4) is 0 Å². The smallest absolute Gasteiger partial charge is 0.225 e. The molecule has 11 heavy (non-hydrogen) atoms. The highest BCUT2D eigenvalue weighted by Crippen LogP contribution is 2.07. The van der Waals surface area contributed by atoms with Crippen LogP contribution in [0.4, 0.5) is 0 Å². The molecule has 0 atom stereocenters. The summed E-state index contributed by atoms with van der Waals surface area (Å²) in [6.07, 6.45) is 0.522. The summed E-state index contributed by atoms with van der Waals surface area (Å²) < 4.78 is 4.63. The highest BCUT2D eigenvalue weighted by molar-refractivity contribution is 5.16. The minimum atomic E-state index is 0.0520. The van der Waals surface area contributed by atoms with Gasteiger partial charge < -0.3 is 9.84 Å². The van der Waals surface area contributed by atoms with Crippen LogP contribution in [0.15, 0.2) is 30.3 Å². The second kappa shape index (κ2) is 4.11. The first-order valence-corrected chi connectivity index (χ1v) is 3.45. The molecule has 1 aromatic rings. The van der Waals surface area contributed by atoms with Crippen LogP contribution in [0.5, 0.6) is 0 Å². The van der Waals surface area contributed by atoms with Gasteiger partial charge >= 0.3 is 0 Å². The SMILES string of the molecule is CO[C](O)Cc1ccccc1. The lowest BCUT2D eigenvalue weighted by Gasteiger charge is -2.04. The monoisotopic (exact) mass is 151 g/mol. The Morgan fingerprint density at radius 3 is 2.55 bits per heavy atom. The Bertz CT molecular complexity index is 196. The molecule has 1 radical (unpaired) electrons. The van der Waals surface area contributed by atoms with Crippen molar-refractivity contribution < 1.29 is 9.84 Å². The van der Waals surface area contributed by atoms with Gasteiger partial charge in [0, 0.05) is 13.5 Å². The van der Waals surface area contributed by atoms with E-state index in [1.54, 1.807) is 0 Å². The van der Waals surface area contributed by atoms with Crippen molar-refractivity contribution >= 4 is 0 Å². The Balaban J connectivity index is 2.51. The van der Waals surface area contributed by atoms with E-state index in [0.717, 1.165) is 5.56 Å². The zero-order valence-electron chi connectivity index (χ0n) is 6.45. The van der Waals surface area contributed by atoms with Gasteiger partial charge in [-0.05, 0) is 5.56 Å². The quantitative estimate of drug-likeness (QED) is 0.713. The van der Waals surface area contributed by atoms with Gasteiger partial charge in [-0.25, -0.2) is 0 Å². The summed E-state index contributed by atoms with van der Waals surface area (Å²) >= 11 is 0. The normalized spacial score (nSPS) is 10.5. The van der Waals surface area contributed by atoms with Gasteiger partial charge in [0.25, 0.3) is 0 Å². The highest BCUT2D eigenvalue weighted by atomic mass is 16.6. The van der Waals surface area contributed by atoms with Crippen molar-refractivity contribution in [1.29, 1.82) is 0 Å². The van der Waals surface area contributed by atoms with Crippen molar-refractivity contribution in [3.63, 3.8) is 0 Å². The first-order chi connectivity index (χ1) is 5.33. The van der Waals surface area contributed by atoms with E-state index in [1.807, 2.05) is 30.3 Å². The Morgan fingerprint density at radius 1 is 1.36 bits per heavy atom. The molecule has 0 aliphatic rings. The minimum absolute atomic E-state index is 0.0520. The van der Waals surface area contributed by atoms with E-state index < -0.39 is 0 Å². The molecule has 0 aliphatic carbocycles. The van der Waals surface area contributed by atoms with Crippen molar-refractivity contribution in [2.45, 2.75) is 6.42 Å². The predicted octanol–water partition coefficient (Wildman–Crippen LogP) is 1.74. The molecule has 1 aromatic carbocycles. The molecule has 0 saturated carbocycles. The average molecular weight is 151 g/mol. The van der Waals surface area contributed by atoms with E-state index in [-0.39, 0.29) is 6.29 Å². The molecule has 0 saturated heterocycles. The Hall–Kier alpha value is -0.860. The molecule has 0 aromatic heterocycles. The van der Waals surface area contributed by atoms with Crippen LogP contribution in [-0.4, -0.2) is 12.2 Å². The maximum Gasteiger partial charge on any atom is 0.225 e. The van der Waals surface area contributed by atoms with Gasteiger partial charge in [-0.2, -0.15) is 0 Å². The predicted molar refractivity (Wildman–Crippen MR) is 42.3 cm³/mol. The van der Waals surface area contributed by atoms with Crippen LogP contribution in [0.1, 0.15) is 5.56 Å². The van der Waals surface area contributed by atoms with Gasteiger partial charge in [-0.3, -0.25) is 0 Å². The highest BCUT2D eigenvalue weighted by Gasteiger charge is 2.03. The first kappa shape index (κ1) is 8.24. The number of ether oxygens (including phenoxy) is 1. The molecule has 0 amide bonds. The maximum atomic E-state index is 9.01. The maximum absolute atomic E-state index is 9.01. The molecule has 2 heteroatoms. The summed E-state index contributed by atoms with van der Waals surface area (Å²) in [4.78, 5) is 0. The van der Waals surface area contributed by atoms with Crippen LogP contribution < -0.4 is 0 Å². The lowest BCUT2D eigenvalue weighted by molar-refractivity contribution is 0.0367. The van der Waals surface area contributed by atoms with Gasteiger partial charge in [0.15, 0.2) is 0 Å². The van der Waals surface area contributed by atoms with Crippen LogP contribution in [0.2, 0.25) is 0 Å². The van der Waals surface area contributed by atoms with E-state index in [0.29, 0.717) is 6.42 Å². The van der Waals surface area contributed by atoms with Crippen molar-refractivity contribution in [1.82, 2.24) is 0 Å². The molecule has 0 fully saturated rings. The van der Waals surface area contributed by atoms with E-state index in [4.69, 9.17) is 5.11 Å². The summed E-state index contributed by atoms with van der Waals surface area (Å²) in [5.74, 6) is 0. The number of hydrogen-bond acceptors (Lipinski definition) is 2. The zero-order chi connectivity index (χ0) is 8.10. The van der Waals surface area contributed by atoms with Gasteiger partial charge in [0.05, 0.1) is 0 Å². The number of methoxy groups -OCH3 is 1. The lowest BCUT2D eigenvalue weighted by atomic mass is 10.1. The summed E-state index contributed by atoms with van der Waals surface area (Å²) in [5.41, 5.74) is 1.05. The molecule has 0 heterocycles. The molecule has 0 spiro atoms. The molecule has 2 nitrogen and oxygen atoms in total. The average Bonchev–Trinajstić information content (AvgIpc) is 2.06. The fourth-order valence-corrected chi connectivity index (χ4v) is 0.843. The van der Waals surface area contributed by atoms with Crippen LogP contribution in [0, 0.1) is 6.29 Å². The van der Waals surface area contributed by atoms with Gasteiger partial charge in [0.2, 0.25) is 6.29 Å². The van der Waals surface area contributed by atoms with E-state index in [1.165, 1.54) is 7.11 Å². The third-order valence-electron chi connectivity index (χ3n) is 1.43. The third-order valence-corrected chi connectivity index (χ3v) is 1.43. The van der Waals surface area contributed by atoms with Crippen LogP contribution in [0.3, 0.4) is 0 Å². The number of aliphatic hydroxyl groups excluding tert-OH is 1. The van der Waals surface area contributed by atoms with Crippen LogP contribution >= 0.6 is 0 Å². The lowest BCUT2D eigenvalue weighted by Crippen LogP contribution is -2.02.